The maximum absolute atomic E-state index is 14.0. The van der Waals surface area contributed by atoms with E-state index >= 15 is 0 Å². The second-order valence-electron chi connectivity index (χ2n) is 8.16. The van der Waals surface area contributed by atoms with Gasteiger partial charge >= 0.3 is 0 Å². The van der Waals surface area contributed by atoms with Gasteiger partial charge in [-0.25, -0.2) is 0 Å². The van der Waals surface area contributed by atoms with E-state index in [1.807, 2.05) is 79.0 Å². The average molecular weight is 438 g/mol. The van der Waals surface area contributed by atoms with E-state index in [0.29, 0.717) is 31.0 Å². The Hall–Kier alpha value is -2.51. The van der Waals surface area contributed by atoms with Gasteiger partial charge in [0, 0.05) is 35.5 Å². The summed E-state index contributed by atoms with van der Waals surface area (Å²) in [5.74, 6) is 1.81. The van der Waals surface area contributed by atoms with Crippen LogP contribution in [0, 0.1) is 5.92 Å². The van der Waals surface area contributed by atoms with Gasteiger partial charge in [-0.2, -0.15) is 0 Å². The topological polar surface area (TPSA) is 61.9 Å². The molecule has 7 heteroatoms. The summed E-state index contributed by atoms with van der Waals surface area (Å²) in [6, 6.07) is 15.7. The van der Waals surface area contributed by atoms with E-state index in [-0.39, 0.29) is 17.9 Å². The lowest BCUT2D eigenvalue weighted by Gasteiger charge is -2.36. The van der Waals surface area contributed by atoms with Crippen LogP contribution in [-0.2, 0) is 15.1 Å². The van der Waals surface area contributed by atoms with Crippen molar-refractivity contribution in [3.63, 3.8) is 0 Å². The normalized spacial score (nSPS) is 26.9. The molecule has 5 rings (SSSR count). The fourth-order valence-electron chi connectivity index (χ4n) is 5.47. The molecule has 0 radical (unpaired) electrons. The van der Waals surface area contributed by atoms with Gasteiger partial charge in [0.05, 0.1) is 18.2 Å². The van der Waals surface area contributed by atoms with Crippen molar-refractivity contribution in [2.24, 2.45) is 5.92 Å². The van der Waals surface area contributed by atoms with Gasteiger partial charge in [0.25, 0.3) is 5.91 Å². The Labute approximate surface area is 186 Å². The number of benzene rings is 2. The highest BCUT2D eigenvalue weighted by molar-refractivity contribution is 7.99. The number of hydrogen-bond acceptors (Lipinski definition) is 5. The third-order valence-electron chi connectivity index (χ3n) is 6.70. The van der Waals surface area contributed by atoms with Gasteiger partial charge < -0.3 is 15.0 Å². The Morgan fingerprint density at radius 1 is 1.19 bits per heavy atom. The van der Waals surface area contributed by atoms with Gasteiger partial charge in [-0.05, 0) is 38.5 Å². The number of para-hydroxylation sites is 3. The first-order valence-corrected chi connectivity index (χ1v) is 12.1. The molecule has 2 aromatic rings. The summed E-state index contributed by atoms with van der Waals surface area (Å²) in [4.78, 5) is 31.8. The highest BCUT2D eigenvalue weighted by atomic mass is 32.2. The Morgan fingerprint density at radius 3 is 2.77 bits per heavy atom. The van der Waals surface area contributed by atoms with E-state index in [4.69, 9.17) is 4.74 Å². The number of fused-ring (bicyclic) bond motifs is 4. The molecule has 2 amide bonds. The Bertz CT molecular complexity index is 1030. The highest BCUT2D eigenvalue weighted by Gasteiger charge is 2.67. The van der Waals surface area contributed by atoms with Crippen LogP contribution in [0.5, 0.6) is 5.75 Å². The van der Waals surface area contributed by atoms with Crippen LogP contribution in [0.1, 0.15) is 25.8 Å². The summed E-state index contributed by atoms with van der Waals surface area (Å²) in [6.45, 7) is 5.02. The Morgan fingerprint density at radius 2 is 1.97 bits per heavy atom. The third-order valence-corrected chi connectivity index (χ3v) is 7.78. The van der Waals surface area contributed by atoms with E-state index in [1.54, 1.807) is 0 Å². The molecule has 2 saturated heterocycles. The monoisotopic (exact) mass is 437 g/mol. The fraction of sp³-hybridized carbons (Fsp3) is 0.417. The molecule has 3 aliphatic heterocycles. The number of ether oxygens (including phenoxy) is 1. The summed E-state index contributed by atoms with van der Waals surface area (Å²) in [5.41, 5.74) is 1.60. The molecule has 2 fully saturated rings. The van der Waals surface area contributed by atoms with Crippen LogP contribution in [0.4, 0.5) is 11.4 Å². The molecule has 6 nitrogen and oxygen atoms in total. The fourth-order valence-corrected chi connectivity index (χ4v) is 6.77. The summed E-state index contributed by atoms with van der Waals surface area (Å²) in [5, 5.41) is 3.09. The predicted molar refractivity (Wildman–Crippen MR) is 123 cm³/mol. The lowest BCUT2D eigenvalue weighted by Crippen LogP contribution is -2.55. The molecule has 3 atom stereocenters. The van der Waals surface area contributed by atoms with E-state index in [0.717, 1.165) is 22.9 Å². The van der Waals surface area contributed by atoms with Gasteiger partial charge in [0.2, 0.25) is 5.91 Å². The van der Waals surface area contributed by atoms with Gasteiger partial charge in [-0.3, -0.25) is 14.5 Å². The number of hydrogen-bond donors (Lipinski definition) is 1. The molecule has 31 heavy (non-hydrogen) atoms. The highest BCUT2D eigenvalue weighted by Crippen LogP contribution is 2.57. The van der Waals surface area contributed by atoms with Crippen molar-refractivity contribution in [1.29, 1.82) is 0 Å². The summed E-state index contributed by atoms with van der Waals surface area (Å²) >= 11 is 1.84. The van der Waals surface area contributed by atoms with Gasteiger partial charge in [0.15, 0.2) is 0 Å². The maximum atomic E-state index is 14.0. The quantitative estimate of drug-likeness (QED) is 0.773. The predicted octanol–water partition coefficient (Wildman–Crippen LogP) is 3.68. The first kappa shape index (κ1) is 20.4. The number of likely N-dealkylation sites (N-methyl/N-ethyl adjacent to an activating group) is 1. The van der Waals surface area contributed by atoms with E-state index in [9.17, 15) is 9.59 Å². The Balaban J connectivity index is 1.58. The number of nitrogens with zero attached hydrogens (tertiary/aromatic N) is 2. The minimum Gasteiger partial charge on any atom is -0.492 e. The van der Waals surface area contributed by atoms with Gasteiger partial charge in [-0.1, -0.05) is 30.3 Å². The first-order chi connectivity index (χ1) is 15.1. The SMILES string of the molecule is CCOc1ccccc1NC(=O)[C@@H]1C[C@H]2CSCN2[C@]12C(=O)N(CC)c1ccccc12. The lowest BCUT2D eigenvalue weighted by molar-refractivity contribution is -0.136. The molecule has 3 aliphatic rings. The summed E-state index contributed by atoms with van der Waals surface area (Å²) < 4.78 is 5.70. The molecule has 2 aromatic carbocycles. The smallest absolute Gasteiger partial charge is 0.253 e. The largest absolute Gasteiger partial charge is 0.492 e. The van der Waals surface area contributed by atoms with Crippen LogP contribution in [0.2, 0.25) is 0 Å². The molecular formula is C24H27N3O3S. The molecule has 1 N–H and O–H groups in total. The number of carbonyl (C=O) groups is 2. The zero-order valence-corrected chi connectivity index (χ0v) is 18.7. The molecule has 0 aromatic heterocycles. The zero-order valence-electron chi connectivity index (χ0n) is 17.8. The van der Waals surface area contributed by atoms with Crippen LogP contribution in [0.25, 0.3) is 0 Å². The molecule has 0 aliphatic carbocycles. The molecular weight excluding hydrogens is 410 g/mol. The number of carbonyl (C=O) groups excluding carboxylic acids is 2. The van der Waals surface area contributed by atoms with E-state index in [1.165, 1.54) is 0 Å². The molecule has 0 unspecified atom stereocenters. The van der Waals surface area contributed by atoms with Crippen LogP contribution in [0.3, 0.4) is 0 Å². The molecule has 3 heterocycles. The van der Waals surface area contributed by atoms with Crippen molar-refractivity contribution in [2.45, 2.75) is 31.8 Å². The minimum absolute atomic E-state index is 0.0273. The van der Waals surface area contributed by atoms with Crippen LogP contribution in [0.15, 0.2) is 48.5 Å². The van der Waals surface area contributed by atoms with Crippen molar-refractivity contribution in [3.05, 3.63) is 54.1 Å². The van der Waals surface area contributed by atoms with Crippen LogP contribution in [-0.4, -0.2) is 47.5 Å². The molecule has 1 spiro atoms. The number of thioether (sulfide) groups is 1. The second kappa shape index (κ2) is 7.88. The molecule has 0 saturated carbocycles. The van der Waals surface area contributed by atoms with Crippen molar-refractivity contribution < 1.29 is 14.3 Å². The van der Waals surface area contributed by atoms with Gasteiger partial charge in [-0.15, -0.1) is 11.8 Å². The average Bonchev–Trinajstić information content (AvgIpc) is 3.43. The van der Waals surface area contributed by atoms with Crippen LogP contribution < -0.4 is 15.0 Å². The van der Waals surface area contributed by atoms with Crippen molar-refractivity contribution in [1.82, 2.24) is 4.90 Å². The zero-order chi connectivity index (χ0) is 21.6. The van der Waals surface area contributed by atoms with Crippen molar-refractivity contribution >= 4 is 35.0 Å². The minimum atomic E-state index is -0.939. The third kappa shape index (κ3) is 2.90. The van der Waals surface area contributed by atoms with Crippen LogP contribution >= 0.6 is 11.8 Å². The summed E-state index contributed by atoms with van der Waals surface area (Å²) in [7, 11) is 0. The van der Waals surface area contributed by atoms with E-state index < -0.39 is 11.5 Å². The number of amides is 2. The second-order valence-corrected chi connectivity index (χ2v) is 9.16. The first-order valence-electron chi connectivity index (χ1n) is 10.9. The number of anilines is 2. The molecule has 162 valence electrons. The van der Waals surface area contributed by atoms with E-state index in [2.05, 4.69) is 10.2 Å². The lowest BCUT2D eigenvalue weighted by atomic mass is 9.78. The van der Waals surface area contributed by atoms with Crippen molar-refractivity contribution in [2.75, 3.05) is 35.0 Å². The Kier molecular flexibility index (Phi) is 5.18. The van der Waals surface area contributed by atoms with Crippen molar-refractivity contribution in [3.8, 4) is 5.75 Å². The molecule has 0 bridgehead atoms. The number of rotatable bonds is 5. The summed E-state index contributed by atoms with van der Waals surface area (Å²) in [6.07, 6.45) is 0.674. The standard InChI is InChI=1S/C24H27N3O3S/c1-3-26-20-11-7-5-9-17(20)24(23(26)29)18(13-16-14-31-15-27(16)24)22(28)25-19-10-6-8-12-21(19)30-4-2/h5-12,16,18H,3-4,13-15H2,1-2H3,(H,25,28)/t16-,18-,24-/m0/s1. The van der Waals surface area contributed by atoms with Gasteiger partial charge in [0.1, 0.15) is 11.3 Å². The number of nitrogens with one attached hydrogen (secondary N) is 1. The maximum Gasteiger partial charge on any atom is 0.253 e.